The third kappa shape index (κ3) is 2.75. The molecule has 0 N–H and O–H groups in total. The molecule has 92 valence electrons. The summed E-state index contributed by atoms with van der Waals surface area (Å²) in [4.78, 5) is -0.00606. The first-order valence-electron chi connectivity index (χ1n) is 5.03. The molecule has 0 spiro atoms. The highest BCUT2D eigenvalue weighted by atomic mass is 32.2. The Hall–Kier alpha value is -1.58. The zero-order valence-electron chi connectivity index (χ0n) is 9.97. The second kappa shape index (κ2) is 5.17. The third-order valence-electron chi connectivity index (χ3n) is 2.14. The summed E-state index contributed by atoms with van der Waals surface area (Å²) >= 11 is 0. The Bertz CT molecular complexity index is 544. The number of sulfonamides is 1. The molecule has 0 bridgehead atoms. The van der Waals surface area contributed by atoms with Gasteiger partial charge in [0, 0.05) is 14.1 Å². The van der Waals surface area contributed by atoms with Gasteiger partial charge in [-0.3, -0.25) is 0 Å². The first-order valence-corrected chi connectivity index (χ1v) is 6.47. The first kappa shape index (κ1) is 13.5. The van der Waals surface area contributed by atoms with Gasteiger partial charge >= 0.3 is 0 Å². The van der Waals surface area contributed by atoms with Crippen molar-refractivity contribution in [1.82, 2.24) is 4.31 Å². The SMILES string of the molecule is CCOc1ccc(S(=O)(=O)N(C)C)c(C#N)c1. The van der Waals surface area contributed by atoms with Gasteiger partial charge in [0.2, 0.25) is 10.0 Å². The Morgan fingerprint density at radius 1 is 1.41 bits per heavy atom. The summed E-state index contributed by atoms with van der Waals surface area (Å²) in [6.45, 7) is 2.28. The summed E-state index contributed by atoms with van der Waals surface area (Å²) in [7, 11) is -0.749. The van der Waals surface area contributed by atoms with Gasteiger partial charge in [-0.2, -0.15) is 5.26 Å². The summed E-state index contributed by atoms with van der Waals surface area (Å²) in [6.07, 6.45) is 0. The van der Waals surface area contributed by atoms with Crippen LogP contribution in [0.5, 0.6) is 5.75 Å². The monoisotopic (exact) mass is 254 g/mol. The van der Waals surface area contributed by atoms with Gasteiger partial charge in [0.25, 0.3) is 0 Å². The van der Waals surface area contributed by atoms with Crippen molar-refractivity contribution in [2.45, 2.75) is 11.8 Å². The van der Waals surface area contributed by atoms with Crippen LogP contribution in [-0.2, 0) is 10.0 Å². The number of ether oxygens (including phenoxy) is 1. The number of hydrogen-bond donors (Lipinski definition) is 0. The van der Waals surface area contributed by atoms with Crippen molar-refractivity contribution in [3.05, 3.63) is 23.8 Å². The van der Waals surface area contributed by atoms with Crippen LogP contribution in [-0.4, -0.2) is 33.4 Å². The number of nitrogens with zero attached hydrogens (tertiary/aromatic N) is 2. The number of hydrogen-bond acceptors (Lipinski definition) is 4. The molecular weight excluding hydrogens is 240 g/mol. The molecule has 0 atom stereocenters. The Kier molecular flexibility index (Phi) is 4.10. The fourth-order valence-corrected chi connectivity index (χ4v) is 2.29. The Labute approximate surface area is 101 Å². The van der Waals surface area contributed by atoms with Crippen LogP contribution in [0, 0.1) is 11.3 Å². The molecule has 0 aliphatic heterocycles. The van der Waals surface area contributed by atoms with Gasteiger partial charge in [0.15, 0.2) is 0 Å². The molecular formula is C11H14N2O3S. The van der Waals surface area contributed by atoms with Crippen LogP contribution in [0.25, 0.3) is 0 Å². The minimum absolute atomic E-state index is 0.00606. The fourth-order valence-electron chi connectivity index (χ4n) is 1.27. The maximum atomic E-state index is 11.9. The van der Waals surface area contributed by atoms with Gasteiger partial charge in [0.05, 0.1) is 12.2 Å². The predicted octanol–water partition coefficient (Wildman–Crippen LogP) is 1.21. The second-order valence-corrected chi connectivity index (χ2v) is 5.61. The van der Waals surface area contributed by atoms with Crippen molar-refractivity contribution in [2.75, 3.05) is 20.7 Å². The van der Waals surface area contributed by atoms with Crippen LogP contribution in [0.4, 0.5) is 0 Å². The molecule has 6 heteroatoms. The van der Waals surface area contributed by atoms with E-state index in [0.29, 0.717) is 12.4 Å². The lowest BCUT2D eigenvalue weighted by atomic mass is 10.2. The number of rotatable bonds is 4. The molecule has 0 heterocycles. The molecule has 0 aliphatic rings. The predicted molar refractivity (Wildman–Crippen MR) is 63.2 cm³/mol. The van der Waals surface area contributed by atoms with E-state index >= 15 is 0 Å². The summed E-state index contributed by atoms with van der Waals surface area (Å²) in [5.74, 6) is 0.488. The van der Waals surface area contributed by atoms with Crippen molar-refractivity contribution in [3.63, 3.8) is 0 Å². The summed E-state index contributed by atoms with van der Waals surface area (Å²) in [5.41, 5.74) is 0.0876. The van der Waals surface area contributed by atoms with E-state index < -0.39 is 10.0 Å². The van der Waals surface area contributed by atoms with E-state index in [-0.39, 0.29) is 10.5 Å². The zero-order chi connectivity index (χ0) is 13.1. The molecule has 0 amide bonds. The molecule has 0 unspecified atom stereocenters. The third-order valence-corrected chi connectivity index (χ3v) is 4.01. The van der Waals surface area contributed by atoms with Crippen molar-refractivity contribution >= 4 is 10.0 Å². The highest BCUT2D eigenvalue weighted by molar-refractivity contribution is 7.89. The van der Waals surface area contributed by atoms with E-state index in [1.807, 2.05) is 13.0 Å². The average Bonchev–Trinajstić information content (AvgIpc) is 2.28. The van der Waals surface area contributed by atoms with Gasteiger partial charge in [0.1, 0.15) is 16.7 Å². The molecule has 0 aromatic heterocycles. The van der Waals surface area contributed by atoms with Crippen LogP contribution in [0.2, 0.25) is 0 Å². The summed E-state index contributed by atoms with van der Waals surface area (Å²) < 4.78 is 30.1. The molecule has 1 aromatic carbocycles. The summed E-state index contributed by atoms with van der Waals surface area (Å²) in [6, 6.07) is 6.23. The Balaban J connectivity index is 3.33. The van der Waals surface area contributed by atoms with E-state index in [9.17, 15) is 8.42 Å². The maximum Gasteiger partial charge on any atom is 0.243 e. The van der Waals surface area contributed by atoms with Crippen LogP contribution in [0.15, 0.2) is 23.1 Å². The average molecular weight is 254 g/mol. The van der Waals surface area contributed by atoms with Gasteiger partial charge in [-0.25, -0.2) is 12.7 Å². The number of nitriles is 1. The first-order chi connectivity index (χ1) is 7.93. The lowest BCUT2D eigenvalue weighted by Gasteiger charge is -2.13. The van der Waals surface area contributed by atoms with Crippen LogP contribution in [0.1, 0.15) is 12.5 Å². The van der Waals surface area contributed by atoms with Crippen molar-refractivity contribution in [3.8, 4) is 11.8 Å². The minimum Gasteiger partial charge on any atom is -0.494 e. The van der Waals surface area contributed by atoms with Gasteiger partial charge in [-0.1, -0.05) is 0 Å². The van der Waals surface area contributed by atoms with E-state index in [0.717, 1.165) is 4.31 Å². The van der Waals surface area contributed by atoms with Gasteiger partial charge in [-0.15, -0.1) is 0 Å². The van der Waals surface area contributed by atoms with E-state index in [1.165, 1.54) is 26.2 Å². The zero-order valence-corrected chi connectivity index (χ0v) is 10.8. The summed E-state index contributed by atoms with van der Waals surface area (Å²) in [5, 5.41) is 8.97. The Morgan fingerprint density at radius 3 is 2.53 bits per heavy atom. The molecule has 0 fully saturated rings. The molecule has 1 aromatic rings. The smallest absolute Gasteiger partial charge is 0.243 e. The molecule has 0 radical (unpaired) electrons. The largest absolute Gasteiger partial charge is 0.494 e. The highest BCUT2D eigenvalue weighted by Crippen LogP contribution is 2.23. The van der Waals surface area contributed by atoms with Crippen molar-refractivity contribution < 1.29 is 13.2 Å². The second-order valence-electron chi connectivity index (χ2n) is 3.49. The van der Waals surface area contributed by atoms with Crippen molar-refractivity contribution in [1.29, 1.82) is 5.26 Å². The molecule has 17 heavy (non-hydrogen) atoms. The normalized spacial score (nSPS) is 11.2. The molecule has 0 aliphatic carbocycles. The van der Waals surface area contributed by atoms with E-state index in [2.05, 4.69) is 0 Å². The van der Waals surface area contributed by atoms with Crippen molar-refractivity contribution in [2.24, 2.45) is 0 Å². The molecule has 5 nitrogen and oxygen atoms in total. The maximum absolute atomic E-state index is 11.9. The topological polar surface area (TPSA) is 70.4 Å². The van der Waals surface area contributed by atoms with Crippen LogP contribution < -0.4 is 4.74 Å². The quantitative estimate of drug-likeness (QED) is 0.809. The standard InChI is InChI=1S/C11H14N2O3S/c1-4-16-10-5-6-11(9(7-10)8-12)17(14,15)13(2)3/h5-7H,4H2,1-3H3. The minimum atomic E-state index is -3.60. The van der Waals surface area contributed by atoms with Crippen LogP contribution in [0.3, 0.4) is 0 Å². The van der Waals surface area contributed by atoms with E-state index in [4.69, 9.17) is 10.00 Å². The lowest BCUT2D eigenvalue weighted by molar-refractivity contribution is 0.340. The molecule has 0 saturated carbocycles. The Morgan fingerprint density at radius 2 is 2.06 bits per heavy atom. The molecule has 0 saturated heterocycles. The fraction of sp³-hybridized carbons (Fsp3) is 0.364. The van der Waals surface area contributed by atoms with Gasteiger partial charge < -0.3 is 4.74 Å². The highest BCUT2D eigenvalue weighted by Gasteiger charge is 2.21. The number of benzene rings is 1. The van der Waals surface area contributed by atoms with Crippen LogP contribution >= 0.6 is 0 Å². The van der Waals surface area contributed by atoms with E-state index in [1.54, 1.807) is 6.07 Å². The molecule has 1 rings (SSSR count). The lowest BCUT2D eigenvalue weighted by Crippen LogP contribution is -2.23. The van der Waals surface area contributed by atoms with Gasteiger partial charge in [-0.05, 0) is 25.1 Å².